The Morgan fingerprint density at radius 2 is 1.11 bits per heavy atom. The zero-order chi connectivity index (χ0) is 21.4. The number of nitrogens with two attached hydrogens (primary N) is 2. The van der Waals surface area contributed by atoms with Gasteiger partial charge in [-0.25, -0.2) is 9.59 Å². The van der Waals surface area contributed by atoms with Gasteiger partial charge in [-0.15, -0.1) is 0 Å². The first-order valence-electron chi connectivity index (χ1n) is 8.70. The van der Waals surface area contributed by atoms with Crippen molar-refractivity contribution in [3.05, 3.63) is 0 Å². The van der Waals surface area contributed by atoms with Crippen molar-refractivity contribution < 1.29 is 39.0 Å². The van der Waals surface area contributed by atoms with E-state index in [-0.39, 0.29) is 38.5 Å². The number of Topliss-reactive ketones (excluding diaryl/α,β-unsaturated/α-hetero) is 2. The summed E-state index contributed by atoms with van der Waals surface area (Å²) in [6.45, 7) is 0. The van der Waals surface area contributed by atoms with Crippen LogP contribution < -0.4 is 22.1 Å². The van der Waals surface area contributed by atoms with Gasteiger partial charge in [-0.1, -0.05) is 0 Å². The van der Waals surface area contributed by atoms with Crippen LogP contribution in [0.5, 0.6) is 0 Å². The minimum Gasteiger partial charge on any atom is -0.475 e. The lowest BCUT2D eigenvalue weighted by Crippen LogP contribution is -2.61. The van der Waals surface area contributed by atoms with Crippen molar-refractivity contribution in [1.82, 2.24) is 10.6 Å². The highest BCUT2D eigenvalue weighted by Crippen LogP contribution is 2.12. The normalized spacial score (nSPS) is 21.2. The monoisotopic (exact) mass is 400 g/mol. The van der Waals surface area contributed by atoms with Crippen LogP contribution in [0.3, 0.4) is 0 Å². The van der Waals surface area contributed by atoms with Gasteiger partial charge < -0.3 is 32.3 Å². The first kappa shape index (κ1) is 23.2. The highest BCUT2D eigenvalue weighted by atomic mass is 16.4. The summed E-state index contributed by atoms with van der Waals surface area (Å²) in [5, 5.41) is 22.2. The molecule has 4 atom stereocenters. The molecule has 12 heteroatoms. The Labute approximate surface area is 160 Å². The Hall–Kier alpha value is -2.86. The minimum atomic E-state index is -1.62. The lowest BCUT2D eigenvalue weighted by Gasteiger charge is -2.30. The van der Waals surface area contributed by atoms with Crippen LogP contribution in [0.1, 0.15) is 38.5 Å². The molecule has 1 aliphatic rings. The molecular weight excluding hydrogens is 376 g/mol. The third-order valence-electron chi connectivity index (χ3n) is 4.38. The summed E-state index contributed by atoms with van der Waals surface area (Å²) in [4.78, 5) is 67.6. The van der Waals surface area contributed by atoms with Gasteiger partial charge in [0.05, 0.1) is 12.1 Å². The summed E-state index contributed by atoms with van der Waals surface area (Å²) in [5.74, 6) is -6.34. The molecule has 28 heavy (non-hydrogen) atoms. The molecule has 1 heterocycles. The zero-order valence-electron chi connectivity index (χ0n) is 15.1. The van der Waals surface area contributed by atoms with Crippen LogP contribution in [-0.2, 0) is 28.8 Å². The predicted molar refractivity (Wildman–Crippen MR) is 92.8 cm³/mol. The number of rotatable bonds is 12. The Morgan fingerprint density at radius 3 is 1.39 bits per heavy atom. The van der Waals surface area contributed by atoms with Crippen molar-refractivity contribution in [2.75, 3.05) is 0 Å². The summed E-state index contributed by atoms with van der Waals surface area (Å²) in [5.41, 5.74) is 10.9. The van der Waals surface area contributed by atoms with E-state index in [1.165, 1.54) is 0 Å². The molecule has 0 aliphatic carbocycles. The lowest BCUT2D eigenvalue weighted by molar-refractivity contribution is -0.149. The summed E-state index contributed by atoms with van der Waals surface area (Å²) < 4.78 is 0. The van der Waals surface area contributed by atoms with Gasteiger partial charge in [-0.3, -0.25) is 19.2 Å². The van der Waals surface area contributed by atoms with Gasteiger partial charge in [-0.2, -0.15) is 0 Å². The number of hydrogen-bond donors (Lipinski definition) is 6. The molecule has 0 aromatic rings. The summed E-state index contributed by atoms with van der Waals surface area (Å²) >= 11 is 0. The lowest BCUT2D eigenvalue weighted by atomic mass is 9.98. The van der Waals surface area contributed by atoms with Crippen LogP contribution in [0.4, 0.5) is 0 Å². The number of hydrogen-bond acceptors (Lipinski definition) is 8. The highest BCUT2D eigenvalue weighted by Gasteiger charge is 2.33. The fraction of sp³-hybridized carbons (Fsp3) is 0.625. The number of nitrogens with one attached hydrogen (secondary N) is 2. The number of carbonyl (C=O) groups excluding carboxylic acids is 4. The van der Waals surface area contributed by atoms with Crippen molar-refractivity contribution in [2.45, 2.75) is 62.7 Å². The topological polar surface area (TPSA) is 219 Å². The van der Waals surface area contributed by atoms with Crippen molar-refractivity contribution in [2.24, 2.45) is 11.5 Å². The number of carboxylic acid groups (broad SMARTS) is 2. The van der Waals surface area contributed by atoms with E-state index in [9.17, 15) is 28.8 Å². The van der Waals surface area contributed by atoms with E-state index in [2.05, 4.69) is 10.6 Å². The minimum absolute atomic E-state index is 0.0592. The average molecular weight is 400 g/mol. The average Bonchev–Trinajstić information content (AvgIpc) is 2.63. The van der Waals surface area contributed by atoms with Gasteiger partial charge in [0, 0.05) is 0 Å². The molecule has 12 nitrogen and oxygen atoms in total. The van der Waals surface area contributed by atoms with Gasteiger partial charge in [0.15, 0.2) is 0 Å². The van der Waals surface area contributed by atoms with Crippen LogP contribution in [-0.4, -0.2) is 69.7 Å². The second kappa shape index (κ2) is 10.5. The molecule has 1 saturated heterocycles. The van der Waals surface area contributed by atoms with E-state index >= 15 is 0 Å². The molecule has 0 spiro atoms. The first-order chi connectivity index (χ1) is 13.0. The van der Waals surface area contributed by atoms with Crippen LogP contribution in [0.2, 0.25) is 0 Å². The van der Waals surface area contributed by atoms with E-state index in [1.807, 2.05) is 0 Å². The van der Waals surface area contributed by atoms with Crippen molar-refractivity contribution >= 4 is 35.3 Å². The smallest absolute Gasteiger partial charge is 0.373 e. The molecule has 0 aromatic heterocycles. The molecule has 0 saturated carbocycles. The number of amides is 2. The van der Waals surface area contributed by atoms with Crippen LogP contribution in [0.15, 0.2) is 0 Å². The molecule has 8 N–H and O–H groups in total. The van der Waals surface area contributed by atoms with E-state index in [0.717, 1.165) is 0 Å². The molecule has 0 aromatic carbocycles. The van der Waals surface area contributed by atoms with E-state index in [4.69, 9.17) is 21.7 Å². The number of ketones is 2. The fourth-order valence-electron chi connectivity index (χ4n) is 2.75. The van der Waals surface area contributed by atoms with E-state index < -0.39 is 59.5 Å². The predicted octanol–water partition coefficient (Wildman–Crippen LogP) is -2.73. The molecule has 1 aliphatic heterocycles. The van der Waals surface area contributed by atoms with Gasteiger partial charge >= 0.3 is 11.9 Å². The van der Waals surface area contributed by atoms with Gasteiger partial charge in [-0.05, 0) is 38.5 Å². The molecule has 1 fully saturated rings. The molecular formula is C16H24N4O8. The molecule has 1 rings (SSSR count). The Kier molecular flexibility index (Phi) is 8.67. The van der Waals surface area contributed by atoms with E-state index in [1.54, 1.807) is 0 Å². The van der Waals surface area contributed by atoms with Crippen LogP contribution in [0, 0.1) is 0 Å². The SMILES string of the molecule is NC(CCCC1NC(=O)C(CCCC(N)C(=O)C(=O)O)NC1=O)C(=O)C(=O)O. The maximum absolute atomic E-state index is 12.1. The van der Waals surface area contributed by atoms with Gasteiger partial charge in [0.1, 0.15) is 12.1 Å². The van der Waals surface area contributed by atoms with Crippen molar-refractivity contribution in [1.29, 1.82) is 0 Å². The molecule has 156 valence electrons. The quantitative estimate of drug-likeness (QED) is 0.186. The number of carboxylic acids is 2. The zero-order valence-corrected chi connectivity index (χ0v) is 15.1. The summed E-state index contributed by atoms with van der Waals surface area (Å²) in [6, 6.07) is -4.01. The highest BCUT2D eigenvalue weighted by molar-refractivity contribution is 6.35. The van der Waals surface area contributed by atoms with Crippen LogP contribution >= 0.6 is 0 Å². The Bertz CT molecular complexity index is 609. The standard InChI is InChI=1S/C16H24N4O8/c17-7(11(21)15(25)26)3-1-5-9-13(23)20-10(14(24)19-9)6-2-4-8(18)12(22)16(27)28/h7-10H,1-6,17-18H2,(H,19,24)(H,20,23)(H,25,26)(H,27,28). The van der Waals surface area contributed by atoms with E-state index in [0.29, 0.717) is 0 Å². The number of carbonyl (C=O) groups is 6. The van der Waals surface area contributed by atoms with Gasteiger partial charge in [0.25, 0.3) is 11.6 Å². The van der Waals surface area contributed by atoms with Gasteiger partial charge in [0.2, 0.25) is 11.8 Å². The maximum atomic E-state index is 12.1. The number of aliphatic carboxylic acids is 2. The Balaban J connectivity index is 2.39. The molecule has 2 amide bonds. The van der Waals surface area contributed by atoms with Crippen molar-refractivity contribution in [3.8, 4) is 0 Å². The fourth-order valence-corrected chi connectivity index (χ4v) is 2.75. The third kappa shape index (κ3) is 6.70. The molecule has 4 unspecified atom stereocenters. The molecule has 0 bridgehead atoms. The van der Waals surface area contributed by atoms with Crippen molar-refractivity contribution in [3.63, 3.8) is 0 Å². The molecule has 0 radical (unpaired) electrons. The maximum Gasteiger partial charge on any atom is 0.373 e. The largest absolute Gasteiger partial charge is 0.475 e. The second-order valence-electron chi connectivity index (χ2n) is 6.54. The summed E-state index contributed by atoms with van der Waals surface area (Å²) in [6.07, 6.45) is 1.00. The number of piperazine rings is 1. The summed E-state index contributed by atoms with van der Waals surface area (Å²) in [7, 11) is 0. The second-order valence-corrected chi connectivity index (χ2v) is 6.54. The van der Waals surface area contributed by atoms with Crippen LogP contribution in [0.25, 0.3) is 0 Å². The first-order valence-corrected chi connectivity index (χ1v) is 8.70. The third-order valence-corrected chi connectivity index (χ3v) is 4.38. The Morgan fingerprint density at radius 1 is 0.786 bits per heavy atom.